The van der Waals surface area contributed by atoms with Crippen LogP contribution in [0.5, 0.6) is 0 Å². The van der Waals surface area contributed by atoms with Crippen molar-refractivity contribution in [1.82, 2.24) is 5.32 Å². The van der Waals surface area contributed by atoms with Crippen molar-refractivity contribution in [3.05, 3.63) is 0 Å². The lowest BCUT2D eigenvalue weighted by Crippen LogP contribution is -2.31. The van der Waals surface area contributed by atoms with E-state index in [1.165, 1.54) is 6.42 Å². The summed E-state index contributed by atoms with van der Waals surface area (Å²) in [7, 11) is 1.67. The van der Waals surface area contributed by atoms with Crippen molar-refractivity contribution >= 4 is 0 Å². The van der Waals surface area contributed by atoms with Crippen LogP contribution in [0.3, 0.4) is 0 Å². The summed E-state index contributed by atoms with van der Waals surface area (Å²) in [5, 5.41) is 3.40. The molecule has 0 unspecified atom stereocenters. The van der Waals surface area contributed by atoms with E-state index in [9.17, 15) is 0 Å². The molecule has 0 aliphatic carbocycles. The SMILES string of the molecule is CCC(C)(C)CNCCOCCOCCOC. The maximum absolute atomic E-state index is 5.43. The van der Waals surface area contributed by atoms with Gasteiger partial charge in [0.25, 0.3) is 0 Å². The molecule has 0 saturated heterocycles. The normalized spacial score (nSPS) is 12.0. The van der Waals surface area contributed by atoms with Crippen molar-refractivity contribution in [2.45, 2.75) is 27.2 Å². The van der Waals surface area contributed by atoms with Gasteiger partial charge in [-0.1, -0.05) is 20.8 Å². The number of hydrogen-bond donors (Lipinski definition) is 1. The first-order chi connectivity index (χ1) is 8.12. The van der Waals surface area contributed by atoms with E-state index in [0.29, 0.717) is 31.8 Å². The van der Waals surface area contributed by atoms with E-state index in [4.69, 9.17) is 14.2 Å². The Hall–Kier alpha value is -0.160. The Labute approximate surface area is 106 Å². The fraction of sp³-hybridized carbons (Fsp3) is 1.00. The van der Waals surface area contributed by atoms with E-state index in [1.54, 1.807) is 7.11 Å². The van der Waals surface area contributed by atoms with Crippen LogP contribution in [0.1, 0.15) is 27.2 Å². The molecule has 0 rings (SSSR count). The second-order valence-corrected chi connectivity index (χ2v) is 4.91. The molecule has 0 fully saturated rings. The molecule has 4 nitrogen and oxygen atoms in total. The third-order valence-electron chi connectivity index (χ3n) is 2.79. The van der Waals surface area contributed by atoms with E-state index >= 15 is 0 Å². The van der Waals surface area contributed by atoms with Crippen molar-refractivity contribution in [3.63, 3.8) is 0 Å². The Morgan fingerprint density at radius 3 is 2.12 bits per heavy atom. The van der Waals surface area contributed by atoms with Gasteiger partial charge in [0.05, 0.1) is 33.0 Å². The summed E-state index contributed by atoms with van der Waals surface area (Å²) >= 11 is 0. The van der Waals surface area contributed by atoms with Gasteiger partial charge in [0.2, 0.25) is 0 Å². The predicted molar refractivity (Wildman–Crippen MR) is 70.5 cm³/mol. The molecule has 0 aliphatic rings. The molecule has 0 aromatic carbocycles. The van der Waals surface area contributed by atoms with Gasteiger partial charge in [-0.25, -0.2) is 0 Å². The zero-order valence-electron chi connectivity index (χ0n) is 11.9. The highest BCUT2D eigenvalue weighted by Gasteiger charge is 2.13. The summed E-state index contributed by atoms with van der Waals surface area (Å²) in [6, 6.07) is 0. The lowest BCUT2D eigenvalue weighted by Gasteiger charge is -2.22. The second-order valence-electron chi connectivity index (χ2n) is 4.91. The monoisotopic (exact) mass is 247 g/mol. The molecule has 0 aliphatic heterocycles. The Morgan fingerprint density at radius 2 is 1.53 bits per heavy atom. The van der Waals surface area contributed by atoms with E-state index in [0.717, 1.165) is 19.7 Å². The predicted octanol–water partition coefficient (Wildman–Crippen LogP) is 1.69. The van der Waals surface area contributed by atoms with Gasteiger partial charge >= 0.3 is 0 Å². The minimum atomic E-state index is 0.378. The number of hydrogen-bond acceptors (Lipinski definition) is 4. The summed E-state index contributed by atoms with van der Waals surface area (Å²) in [4.78, 5) is 0. The third kappa shape index (κ3) is 12.1. The van der Waals surface area contributed by atoms with Gasteiger partial charge in [-0.15, -0.1) is 0 Å². The van der Waals surface area contributed by atoms with Crippen molar-refractivity contribution in [2.24, 2.45) is 5.41 Å². The van der Waals surface area contributed by atoms with E-state index < -0.39 is 0 Å². The molecule has 1 N–H and O–H groups in total. The van der Waals surface area contributed by atoms with Crippen LogP contribution in [0.25, 0.3) is 0 Å². The molecule has 0 heterocycles. The van der Waals surface area contributed by atoms with Gasteiger partial charge in [-0.2, -0.15) is 0 Å². The molecular weight excluding hydrogens is 218 g/mol. The molecule has 0 saturated carbocycles. The average molecular weight is 247 g/mol. The highest BCUT2D eigenvalue weighted by molar-refractivity contribution is 4.68. The van der Waals surface area contributed by atoms with Crippen molar-refractivity contribution < 1.29 is 14.2 Å². The van der Waals surface area contributed by atoms with E-state index in [2.05, 4.69) is 26.1 Å². The smallest absolute Gasteiger partial charge is 0.0701 e. The van der Waals surface area contributed by atoms with Gasteiger partial charge in [-0.05, 0) is 11.8 Å². The maximum Gasteiger partial charge on any atom is 0.0701 e. The standard InChI is InChI=1S/C13H29NO3/c1-5-13(2,3)12-14-6-7-16-10-11-17-9-8-15-4/h14H,5-12H2,1-4H3. The van der Waals surface area contributed by atoms with E-state index in [1.807, 2.05) is 0 Å². The highest BCUT2D eigenvalue weighted by Crippen LogP contribution is 2.17. The Bertz CT molecular complexity index is 163. The summed E-state index contributed by atoms with van der Waals surface area (Å²) in [6.07, 6.45) is 1.19. The number of methoxy groups -OCH3 is 1. The topological polar surface area (TPSA) is 39.7 Å². The lowest BCUT2D eigenvalue weighted by atomic mass is 9.90. The molecule has 0 amide bonds. The third-order valence-corrected chi connectivity index (χ3v) is 2.79. The van der Waals surface area contributed by atoms with Crippen LogP contribution in [0.15, 0.2) is 0 Å². The largest absolute Gasteiger partial charge is 0.382 e. The number of rotatable bonds is 12. The molecule has 104 valence electrons. The molecule has 0 aromatic rings. The van der Waals surface area contributed by atoms with Gasteiger partial charge in [0.1, 0.15) is 0 Å². The molecule has 0 aromatic heterocycles. The van der Waals surface area contributed by atoms with Crippen LogP contribution in [0, 0.1) is 5.41 Å². The summed E-state index contributed by atoms with van der Waals surface area (Å²) < 4.78 is 15.6. The number of ether oxygens (including phenoxy) is 3. The Morgan fingerprint density at radius 1 is 0.941 bits per heavy atom. The minimum absolute atomic E-state index is 0.378. The van der Waals surface area contributed by atoms with Crippen LogP contribution in [-0.2, 0) is 14.2 Å². The Balaban J connectivity index is 3.09. The van der Waals surface area contributed by atoms with Crippen molar-refractivity contribution in [1.29, 1.82) is 0 Å². The van der Waals surface area contributed by atoms with Crippen molar-refractivity contribution in [3.8, 4) is 0 Å². The van der Waals surface area contributed by atoms with E-state index in [-0.39, 0.29) is 0 Å². The quantitative estimate of drug-likeness (QED) is 0.533. The van der Waals surface area contributed by atoms with Gasteiger partial charge in [0.15, 0.2) is 0 Å². The van der Waals surface area contributed by atoms with Gasteiger partial charge < -0.3 is 19.5 Å². The summed E-state index contributed by atoms with van der Waals surface area (Å²) in [5.74, 6) is 0. The van der Waals surface area contributed by atoms with Crippen LogP contribution < -0.4 is 5.32 Å². The summed E-state index contributed by atoms with van der Waals surface area (Å²) in [5.41, 5.74) is 0.378. The van der Waals surface area contributed by atoms with Crippen LogP contribution in [0.4, 0.5) is 0 Å². The summed E-state index contributed by atoms with van der Waals surface area (Å²) in [6.45, 7) is 12.0. The molecule has 0 atom stereocenters. The average Bonchev–Trinajstić information content (AvgIpc) is 2.31. The first-order valence-corrected chi connectivity index (χ1v) is 6.47. The number of nitrogens with one attached hydrogen (secondary N) is 1. The van der Waals surface area contributed by atoms with Crippen LogP contribution in [-0.4, -0.2) is 53.2 Å². The molecule has 4 heteroatoms. The first-order valence-electron chi connectivity index (χ1n) is 6.47. The van der Waals surface area contributed by atoms with Crippen LogP contribution in [0.2, 0.25) is 0 Å². The fourth-order valence-corrected chi connectivity index (χ4v) is 1.16. The van der Waals surface area contributed by atoms with Crippen molar-refractivity contribution in [2.75, 3.05) is 53.2 Å². The molecule has 0 spiro atoms. The molecule has 0 bridgehead atoms. The fourth-order valence-electron chi connectivity index (χ4n) is 1.16. The Kier molecular flexibility index (Phi) is 10.9. The zero-order chi connectivity index (χ0) is 13.0. The minimum Gasteiger partial charge on any atom is -0.382 e. The maximum atomic E-state index is 5.43. The van der Waals surface area contributed by atoms with Gasteiger partial charge in [0, 0.05) is 20.2 Å². The molecule has 17 heavy (non-hydrogen) atoms. The van der Waals surface area contributed by atoms with Gasteiger partial charge in [-0.3, -0.25) is 0 Å². The van der Waals surface area contributed by atoms with Crippen LogP contribution >= 0.6 is 0 Å². The first kappa shape index (κ1) is 16.8. The highest BCUT2D eigenvalue weighted by atomic mass is 16.5. The zero-order valence-corrected chi connectivity index (χ0v) is 11.9. The molecule has 0 radical (unpaired) electrons. The second kappa shape index (κ2) is 11.0. The lowest BCUT2D eigenvalue weighted by molar-refractivity contribution is 0.0253. The molecular formula is C13H29NO3.